The summed E-state index contributed by atoms with van der Waals surface area (Å²) in [5.74, 6) is 6.50. The number of anilines is 2. The van der Waals surface area contributed by atoms with Crippen molar-refractivity contribution in [3.05, 3.63) is 53.1 Å². The van der Waals surface area contributed by atoms with E-state index in [-0.39, 0.29) is 5.39 Å². The summed E-state index contributed by atoms with van der Waals surface area (Å²) in [4.78, 5) is 11.0. The van der Waals surface area contributed by atoms with Crippen molar-refractivity contribution in [2.45, 2.75) is 52.9 Å². The number of fused-ring (bicyclic) bond motifs is 4. The molecule has 1 aliphatic heterocycles. The second kappa shape index (κ2) is 8.98. The maximum Gasteiger partial charge on any atom is 0.257 e. The molecule has 6 rings (SSSR count). The van der Waals surface area contributed by atoms with Gasteiger partial charge in [0.1, 0.15) is 11.6 Å². The van der Waals surface area contributed by atoms with E-state index in [0.29, 0.717) is 35.4 Å². The Kier molecular flexibility index (Phi) is 5.86. The van der Waals surface area contributed by atoms with Gasteiger partial charge in [0, 0.05) is 24.2 Å². The van der Waals surface area contributed by atoms with Crippen LogP contribution in [-0.2, 0) is 6.42 Å². The Morgan fingerprint density at radius 3 is 2.68 bits per heavy atom. The molecule has 3 aromatic heterocycles. The van der Waals surface area contributed by atoms with E-state index >= 15 is 4.39 Å². The third-order valence-electron chi connectivity index (χ3n) is 6.18. The smallest absolute Gasteiger partial charge is 0.257 e. The zero-order valence-electron chi connectivity index (χ0n) is 19.6. The van der Waals surface area contributed by atoms with Crippen molar-refractivity contribution in [1.29, 1.82) is 0 Å². The van der Waals surface area contributed by atoms with Gasteiger partial charge in [-0.25, -0.2) is 8.78 Å². The summed E-state index contributed by atoms with van der Waals surface area (Å²) in [5.41, 5.74) is 3.30. The Labute approximate surface area is 197 Å². The van der Waals surface area contributed by atoms with Crippen molar-refractivity contribution in [2.75, 3.05) is 11.4 Å². The minimum atomic E-state index is -0.927. The number of hydrogen-bond acceptors (Lipinski definition) is 5. The maximum absolute atomic E-state index is 15.2. The number of pyridine rings is 1. The summed E-state index contributed by atoms with van der Waals surface area (Å²) in [5, 5.41) is 8.36. The van der Waals surface area contributed by atoms with Crippen LogP contribution in [-0.4, -0.2) is 31.1 Å². The van der Waals surface area contributed by atoms with E-state index in [1.807, 2.05) is 18.7 Å². The summed E-state index contributed by atoms with van der Waals surface area (Å²) in [7, 11) is 0. The van der Waals surface area contributed by atoms with E-state index in [1.165, 1.54) is 0 Å². The first kappa shape index (κ1) is 22.2. The lowest BCUT2D eigenvalue weighted by atomic mass is 10.0. The van der Waals surface area contributed by atoms with Crippen LogP contribution >= 0.6 is 0 Å². The van der Waals surface area contributed by atoms with Gasteiger partial charge in [-0.1, -0.05) is 25.7 Å². The third kappa shape index (κ3) is 3.75. The van der Waals surface area contributed by atoms with Gasteiger partial charge in [0.25, 0.3) is 5.78 Å². The number of benzene rings is 1. The normalized spacial score (nSPS) is 15.3. The van der Waals surface area contributed by atoms with Gasteiger partial charge < -0.3 is 4.90 Å². The van der Waals surface area contributed by atoms with Crippen LogP contribution in [0.15, 0.2) is 24.5 Å². The van der Waals surface area contributed by atoms with Crippen LogP contribution in [0.2, 0.25) is 0 Å². The molecule has 0 atom stereocenters. The molecule has 174 valence electrons. The largest absolute Gasteiger partial charge is 0.324 e. The fraction of sp³-hybridized carbons (Fsp3) is 0.385. The van der Waals surface area contributed by atoms with Gasteiger partial charge in [-0.05, 0) is 56.7 Å². The van der Waals surface area contributed by atoms with Gasteiger partial charge >= 0.3 is 0 Å². The van der Waals surface area contributed by atoms with Crippen molar-refractivity contribution < 1.29 is 8.78 Å². The SMILES string of the molecule is CC.Cc1nnc2nc(N3CCCCc4c(C#CC5CC5)cncc43)c3c(F)c(F)ccc3n12. The van der Waals surface area contributed by atoms with Crippen LogP contribution in [0.3, 0.4) is 0 Å². The van der Waals surface area contributed by atoms with Crippen molar-refractivity contribution >= 4 is 28.2 Å². The van der Waals surface area contributed by atoms with Crippen LogP contribution in [0, 0.1) is 36.3 Å². The average molecular weight is 461 g/mol. The van der Waals surface area contributed by atoms with E-state index in [2.05, 4.69) is 32.0 Å². The molecule has 1 fully saturated rings. The van der Waals surface area contributed by atoms with Crippen LogP contribution in [0.1, 0.15) is 56.5 Å². The van der Waals surface area contributed by atoms with Gasteiger partial charge in [-0.3, -0.25) is 9.38 Å². The molecule has 0 saturated heterocycles. The van der Waals surface area contributed by atoms with Crippen molar-refractivity contribution in [3.63, 3.8) is 0 Å². The molecule has 0 N–H and O–H groups in total. The minimum Gasteiger partial charge on any atom is -0.324 e. The van der Waals surface area contributed by atoms with Crippen molar-refractivity contribution in [2.24, 2.45) is 5.92 Å². The Bertz CT molecular complexity index is 1440. The quantitative estimate of drug-likeness (QED) is 0.350. The maximum atomic E-state index is 15.2. The zero-order valence-corrected chi connectivity index (χ0v) is 19.6. The number of hydrogen-bond donors (Lipinski definition) is 0. The third-order valence-corrected chi connectivity index (χ3v) is 6.18. The number of nitrogens with zero attached hydrogens (tertiary/aromatic N) is 6. The highest BCUT2D eigenvalue weighted by atomic mass is 19.2. The lowest BCUT2D eigenvalue weighted by Crippen LogP contribution is -2.21. The summed E-state index contributed by atoms with van der Waals surface area (Å²) < 4.78 is 31.2. The standard InChI is InChI=1S/C24H20F2N6.C2H6/c1-14-29-30-24-28-23(21-19(32(14)24)10-9-18(25)22(21)26)31-11-3-2-4-17-16(8-7-15-5-6-15)12-27-13-20(17)31;1-2/h9-10,12-13,15H,2-6,11H2,1H3;1-2H3. The van der Waals surface area contributed by atoms with E-state index in [4.69, 9.17) is 0 Å². The minimum absolute atomic E-state index is 0.114. The van der Waals surface area contributed by atoms with Gasteiger partial charge in [-0.2, -0.15) is 4.98 Å². The molecule has 0 unspecified atom stereocenters. The molecule has 0 radical (unpaired) electrons. The lowest BCUT2D eigenvalue weighted by molar-refractivity contribution is 0.516. The van der Waals surface area contributed by atoms with Crippen molar-refractivity contribution in [1.82, 2.24) is 24.6 Å². The summed E-state index contributed by atoms with van der Waals surface area (Å²) in [6.07, 6.45) is 8.57. The average Bonchev–Trinajstić information content (AvgIpc) is 3.65. The first-order chi connectivity index (χ1) is 16.6. The molecule has 1 aliphatic carbocycles. The lowest BCUT2D eigenvalue weighted by Gasteiger charge is -2.25. The topological polar surface area (TPSA) is 59.2 Å². The first-order valence-electron chi connectivity index (χ1n) is 11.9. The van der Waals surface area contributed by atoms with E-state index < -0.39 is 11.6 Å². The van der Waals surface area contributed by atoms with Crippen LogP contribution in [0.25, 0.3) is 16.7 Å². The zero-order chi connectivity index (χ0) is 23.8. The summed E-state index contributed by atoms with van der Waals surface area (Å²) in [6, 6.07) is 2.68. The molecule has 0 spiro atoms. The highest BCUT2D eigenvalue weighted by molar-refractivity contribution is 5.94. The Morgan fingerprint density at radius 2 is 1.88 bits per heavy atom. The number of rotatable bonds is 1. The Balaban J connectivity index is 0.00000117. The molecule has 0 bridgehead atoms. The Morgan fingerprint density at radius 1 is 1.06 bits per heavy atom. The molecule has 8 heteroatoms. The molecular weight excluding hydrogens is 434 g/mol. The molecule has 34 heavy (non-hydrogen) atoms. The van der Waals surface area contributed by atoms with E-state index in [0.717, 1.165) is 55.0 Å². The summed E-state index contributed by atoms with van der Waals surface area (Å²) in [6.45, 7) is 6.37. The van der Waals surface area contributed by atoms with Crippen LogP contribution in [0.4, 0.5) is 20.3 Å². The molecule has 4 heterocycles. The monoisotopic (exact) mass is 460 g/mol. The molecule has 0 amide bonds. The first-order valence-corrected chi connectivity index (χ1v) is 11.9. The van der Waals surface area contributed by atoms with Gasteiger partial charge in [0.2, 0.25) is 0 Å². The van der Waals surface area contributed by atoms with E-state index in [1.54, 1.807) is 29.8 Å². The number of aryl methyl sites for hydroxylation is 1. The highest BCUT2D eigenvalue weighted by Crippen LogP contribution is 2.38. The molecule has 2 aliphatic rings. The molecule has 4 aromatic rings. The number of halogens is 2. The second-order valence-corrected chi connectivity index (χ2v) is 8.41. The van der Waals surface area contributed by atoms with Gasteiger partial charge in [-0.15, -0.1) is 10.2 Å². The molecular formula is C26H26F2N6. The fourth-order valence-electron chi connectivity index (χ4n) is 4.39. The Hall–Kier alpha value is -3.60. The fourth-order valence-corrected chi connectivity index (χ4v) is 4.39. The predicted octanol–water partition coefficient (Wildman–Crippen LogP) is 5.52. The van der Waals surface area contributed by atoms with Gasteiger partial charge in [0.05, 0.1) is 22.8 Å². The summed E-state index contributed by atoms with van der Waals surface area (Å²) >= 11 is 0. The van der Waals surface area contributed by atoms with Crippen LogP contribution in [0.5, 0.6) is 0 Å². The molecule has 1 aromatic carbocycles. The number of aromatic nitrogens is 5. The molecule has 6 nitrogen and oxygen atoms in total. The molecule has 1 saturated carbocycles. The van der Waals surface area contributed by atoms with Crippen LogP contribution < -0.4 is 4.90 Å². The van der Waals surface area contributed by atoms with E-state index in [9.17, 15) is 4.39 Å². The highest BCUT2D eigenvalue weighted by Gasteiger charge is 2.26. The van der Waals surface area contributed by atoms with Crippen molar-refractivity contribution in [3.8, 4) is 11.8 Å². The predicted molar refractivity (Wildman–Crippen MR) is 128 cm³/mol. The second-order valence-electron chi connectivity index (χ2n) is 8.41. The van der Waals surface area contributed by atoms with Gasteiger partial charge in [0.15, 0.2) is 11.6 Å².